The fraction of sp³-hybridized carbons (Fsp3) is 0.417. The molecule has 1 aromatic rings. The van der Waals surface area contributed by atoms with Gasteiger partial charge in [0.05, 0.1) is 11.5 Å². The van der Waals surface area contributed by atoms with Crippen molar-refractivity contribution in [2.45, 2.75) is 11.8 Å². The molecular formula is C12H17NO5S. The van der Waals surface area contributed by atoms with Crippen LogP contribution in [-0.4, -0.2) is 41.3 Å². The third-order valence-electron chi connectivity index (χ3n) is 2.29. The molecule has 0 aromatic heterocycles. The summed E-state index contributed by atoms with van der Waals surface area (Å²) in [6.45, 7) is 1.83. The maximum absolute atomic E-state index is 11.8. The summed E-state index contributed by atoms with van der Waals surface area (Å²) in [7, 11) is -2.20. The van der Waals surface area contributed by atoms with Crippen LogP contribution in [0.15, 0.2) is 29.2 Å². The van der Waals surface area contributed by atoms with Gasteiger partial charge in [-0.1, -0.05) is 17.7 Å². The number of benzene rings is 1. The number of methoxy groups -OCH3 is 1. The van der Waals surface area contributed by atoms with E-state index in [-0.39, 0.29) is 18.1 Å². The molecule has 0 atom stereocenters. The summed E-state index contributed by atoms with van der Waals surface area (Å²) < 4.78 is 35.3. The van der Waals surface area contributed by atoms with E-state index in [1.54, 1.807) is 12.1 Å². The summed E-state index contributed by atoms with van der Waals surface area (Å²) in [6.07, 6.45) is 0. The van der Waals surface area contributed by atoms with Crippen molar-refractivity contribution in [2.24, 2.45) is 0 Å². The first-order valence-electron chi connectivity index (χ1n) is 5.66. The summed E-state index contributed by atoms with van der Waals surface area (Å²) in [5.74, 6) is -0.646. The van der Waals surface area contributed by atoms with Crippen LogP contribution in [0.3, 0.4) is 0 Å². The largest absolute Gasteiger partial charge is 0.462 e. The van der Waals surface area contributed by atoms with Crippen molar-refractivity contribution >= 4 is 16.0 Å². The number of carbonyl (C=O) groups excluding carboxylic acids is 1. The minimum absolute atomic E-state index is 0.0988. The zero-order valence-electron chi connectivity index (χ0n) is 10.9. The quantitative estimate of drug-likeness (QED) is 0.582. The number of hydrogen-bond acceptors (Lipinski definition) is 5. The van der Waals surface area contributed by atoms with Crippen LogP contribution >= 0.6 is 0 Å². The van der Waals surface area contributed by atoms with E-state index >= 15 is 0 Å². The van der Waals surface area contributed by atoms with Crippen molar-refractivity contribution < 1.29 is 22.7 Å². The molecule has 0 radical (unpaired) electrons. The van der Waals surface area contributed by atoms with E-state index in [4.69, 9.17) is 9.47 Å². The molecule has 0 spiro atoms. The van der Waals surface area contributed by atoms with Gasteiger partial charge in [-0.3, -0.25) is 4.79 Å². The number of sulfonamides is 1. The molecule has 1 aromatic carbocycles. The molecule has 0 heterocycles. The molecule has 0 aliphatic heterocycles. The van der Waals surface area contributed by atoms with E-state index in [1.165, 1.54) is 19.2 Å². The summed E-state index contributed by atoms with van der Waals surface area (Å²) in [5.41, 5.74) is 0.956. The first kappa shape index (κ1) is 15.6. The molecule has 19 heavy (non-hydrogen) atoms. The maximum atomic E-state index is 11.8. The standard InChI is InChI=1S/C12H17NO5S/c1-10-3-5-11(6-4-10)19(15,16)13-9-12(14)18-8-7-17-2/h3-6,13H,7-9H2,1-2H3. The SMILES string of the molecule is COCCOC(=O)CNS(=O)(=O)c1ccc(C)cc1. The molecule has 6 nitrogen and oxygen atoms in total. The highest BCUT2D eigenvalue weighted by atomic mass is 32.2. The van der Waals surface area contributed by atoms with Gasteiger partial charge in [0.1, 0.15) is 13.2 Å². The normalized spacial score (nSPS) is 11.3. The molecule has 0 unspecified atom stereocenters. The molecule has 0 amide bonds. The zero-order valence-corrected chi connectivity index (χ0v) is 11.7. The predicted molar refractivity (Wildman–Crippen MR) is 69.2 cm³/mol. The molecule has 0 bridgehead atoms. The van der Waals surface area contributed by atoms with Gasteiger partial charge in [-0.25, -0.2) is 8.42 Å². The van der Waals surface area contributed by atoms with Crippen LogP contribution in [-0.2, 0) is 24.3 Å². The molecule has 0 saturated heterocycles. The van der Waals surface area contributed by atoms with Gasteiger partial charge in [0.2, 0.25) is 10.0 Å². The van der Waals surface area contributed by atoms with E-state index in [2.05, 4.69) is 4.72 Å². The van der Waals surface area contributed by atoms with Crippen molar-refractivity contribution in [3.8, 4) is 0 Å². The summed E-state index contributed by atoms with van der Waals surface area (Å²) in [4.78, 5) is 11.4. The fourth-order valence-electron chi connectivity index (χ4n) is 1.24. The van der Waals surface area contributed by atoms with Gasteiger partial charge < -0.3 is 9.47 Å². The minimum atomic E-state index is -3.68. The van der Waals surface area contributed by atoms with E-state index in [1.807, 2.05) is 6.92 Å². The third kappa shape index (κ3) is 5.37. The number of esters is 1. The lowest BCUT2D eigenvalue weighted by molar-refractivity contribution is -0.143. The van der Waals surface area contributed by atoms with Crippen LogP contribution in [0.2, 0.25) is 0 Å². The molecule has 1 rings (SSSR count). The Hall–Kier alpha value is -1.44. The highest BCUT2D eigenvalue weighted by Crippen LogP contribution is 2.09. The lowest BCUT2D eigenvalue weighted by atomic mass is 10.2. The Balaban J connectivity index is 2.51. The molecular weight excluding hydrogens is 270 g/mol. The second-order valence-corrected chi connectivity index (χ2v) is 5.62. The van der Waals surface area contributed by atoms with Gasteiger partial charge >= 0.3 is 5.97 Å². The Kier molecular flexibility index (Phi) is 5.94. The van der Waals surface area contributed by atoms with Gasteiger partial charge in [-0.2, -0.15) is 4.72 Å². The Morgan fingerprint density at radius 2 is 1.84 bits per heavy atom. The van der Waals surface area contributed by atoms with E-state index in [9.17, 15) is 13.2 Å². The van der Waals surface area contributed by atoms with Crippen LogP contribution in [0.5, 0.6) is 0 Å². The maximum Gasteiger partial charge on any atom is 0.321 e. The molecule has 7 heteroatoms. The average molecular weight is 287 g/mol. The number of aryl methyl sites for hydroxylation is 1. The lowest BCUT2D eigenvalue weighted by Crippen LogP contribution is -2.31. The molecule has 0 fully saturated rings. The van der Waals surface area contributed by atoms with E-state index in [0.29, 0.717) is 0 Å². The van der Waals surface area contributed by atoms with Crippen molar-refractivity contribution in [1.29, 1.82) is 0 Å². The minimum Gasteiger partial charge on any atom is -0.462 e. The Bertz CT molecular complexity index is 509. The monoisotopic (exact) mass is 287 g/mol. The van der Waals surface area contributed by atoms with Crippen LogP contribution in [0.1, 0.15) is 5.56 Å². The van der Waals surface area contributed by atoms with E-state index in [0.717, 1.165) is 5.56 Å². The van der Waals surface area contributed by atoms with Crippen LogP contribution in [0, 0.1) is 6.92 Å². The van der Waals surface area contributed by atoms with Crippen LogP contribution in [0.4, 0.5) is 0 Å². The average Bonchev–Trinajstić information content (AvgIpc) is 2.37. The number of hydrogen-bond donors (Lipinski definition) is 1. The number of ether oxygens (including phenoxy) is 2. The number of nitrogens with one attached hydrogen (secondary N) is 1. The fourth-order valence-corrected chi connectivity index (χ4v) is 2.21. The lowest BCUT2D eigenvalue weighted by Gasteiger charge is -2.07. The first-order chi connectivity index (χ1) is 8.95. The molecule has 0 saturated carbocycles. The van der Waals surface area contributed by atoms with Crippen LogP contribution < -0.4 is 4.72 Å². The Morgan fingerprint density at radius 1 is 1.21 bits per heavy atom. The predicted octanol–water partition coefficient (Wildman–Crippen LogP) is 0.463. The molecule has 0 aliphatic rings. The smallest absolute Gasteiger partial charge is 0.321 e. The topological polar surface area (TPSA) is 81.7 Å². The second kappa shape index (κ2) is 7.22. The molecule has 0 aliphatic carbocycles. The number of rotatable bonds is 7. The van der Waals surface area contributed by atoms with Gasteiger partial charge in [-0.05, 0) is 19.1 Å². The first-order valence-corrected chi connectivity index (χ1v) is 7.15. The van der Waals surface area contributed by atoms with Crippen molar-refractivity contribution in [1.82, 2.24) is 4.72 Å². The second-order valence-electron chi connectivity index (χ2n) is 3.85. The van der Waals surface area contributed by atoms with Gasteiger partial charge in [0, 0.05) is 7.11 Å². The van der Waals surface area contributed by atoms with Gasteiger partial charge in [0.15, 0.2) is 0 Å². The van der Waals surface area contributed by atoms with Gasteiger partial charge in [-0.15, -0.1) is 0 Å². The van der Waals surface area contributed by atoms with Crippen molar-refractivity contribution in [2.75, 3.05) is 26.9 Å². The van der Waals surface area contributed by atoms with Crippen molar-refractivity contribution in [3.63, 3.8) is 0 Å². The summed E-state index contributed by atoms with van der Waals surface area (Å²) in [6, 6.07) is 6.33. The molecule has 106 valence electrons. The zero-order chi connectivity index (χ0) is 14.3. The Labute approximate surface area is 112 Å². The molecule has 1 N–H and O–H groups in total. The van der Waals surface area contributed by atoms with Crippen molar-refractivity contribution in [3.05, 3.63) is 29.8 Å². The van der Waals surface area contributed by atoms with Crippen LogP contribution in [0.25, 0.3) is 0 Å². The third-order valence-corrected chi connectivity index (χ3v) is 3.71. The number of carbonyl (C=O) groups is 1. The summed E-state index contributed by atoms with van der Waals surface area (Å²) >= 11 is 0. The Morgan fingerprint density at radius 3 is 2.42 bits per heavy atom. The van der Waals surface area contributed by atoms with E-state index < -0.39 is 22.5 Å². The van der Waals surface area contributed by atoms with Gasteiger partial charge in [0.25, 0.3) is 0 Å². The highest BCUT2D eigenvalue weighted by Gasteiger charge is 2.15. The summed E-state index contributed by atoms with van der Waals surface area (Å²) in [5, 5.41) is 0. The highest BCUT2D eigenvalue weighted by molar-refractivity contribution is 7.89.